The Morgan fingerprint density at radius 3 is 2.38 bits per heavy atom. The van der Waals surface area contributed by atoms with Crippen LogP contribution in [0.5, 0.6) is 17.2 Å². The molecule has 0 aromatic heterocycles. The highest BCUT2D eigenvalue weighted by Crippen LogP contribution is 2.55. The number of carbonyl (C=O) groups excluding carboxylic acids is 3. The molecular weight excluding hydrogens is 528 g/mol. The maximum absolute atomic E-state index is 12.9. The van der Waals surface area contributed by atoms with Crippen LogP contribution in [-0.4, -0.2) is 54.4 Å². The second-order valence-electron chi connectivity index (χ2n) is 11.4. The number of methoxy groups -OCH3 is 1. The van der Waals surface area contributed by atoms with E-state index in [1.807, 2.05) is 30.3 Å². The Labute approximate surface area is 238 Å². The van der Waals surface area contributed by atoms with Crippen LogP contribution in [0.25, 0.3) is 6.08 Å². The van der Waals surface area contributed by atoms with Crippen molar-refractivity contribution in [1.29, 1.82) is 0 Å². The SMILES string of the molecule is COc1cc(/C=C2\SC(=O)N(CCOc3ccccc3)C2=O)ccc1OCC(=O)NC12CC3CC(CC(C3)C1)C2. The fourth-order valence-corrected chi connectivity index (χ4v) is 8.11. The van der Waals surface area contributed by atoms with Crippen LogP contribution >= 0.6 is 11.8 Å². The molecule has 1 N–H and O–H groups in total. The lowest BCUT2D eigenvalue weighted by Crippen LogP contribution is -2.60. The minimum atomic E-state index is -0.354. The Kier molecular flexibility index (Phi) is 7.49. The summed E-state index contributed by atoms with van der Waals surface area (Å²) < 4.78 is 17.0. The van der Waals surface area contributed by atoms with E-state index < -0.39 is 0 Å². The van der Waals surface area contributed by atoms with Crippen LogP contribution in [0.1, 0.15) is 44.1 Å². The summed E-state index contributed by atoms with van der Waals surface area (Å²) in [5.41, 5.74) is 0.632. The molecule has 0 atom stereocenters. The van der Waals surface area contributed by atoms with E-state index in [2.05, 4.69) is 5.32 Å². The summed E-state index contributed by atoms with van der Waals surface area (Å²) >= 11 is 0.899. The summed E-state index contributed by atoms with van der Waals surface area (Å²) in [6.45, 7) is 0.297. The van der Waals surface area contributed by atoms with E-state index >= 15 is 0 Å². The Hall–Kier alpha value is -3.46. The number of thioether (sulfide) groups is 1. The Morgan fingerprint density at radius 2 is 1.70 bits per heavy atom. The summed E-state index contributed by atoms with van der Waals surface area (Å²) in [5, 5.41) is 3.00. The van der Waals surface area contributed by atoms with Gasteiger partial charge in [-0.05, 0) is 104 Å². The van der Waals surface area contributed by atoms with E-state index in [4.69, 9.17) is 14.2 Å². The Bertz CT molecular complexity index is 1290. The first-order chi connectivity index (χ1) is 19.4. The third kappa shape index (κ3) is 5.70. The Balaban J connectivity index is 1.04. The van der Waals surface area contributed by atoms with Gasteiger partial charge in [-0.3, -0.25) is 19.3 Å². The van der Waals surface area contributed by atoms with Crippen molar-refractivity contribution >= 4 is 34.9 Å². The Morgan fingerprint density at radius 1 is 1.00 bits per heavy atom. The lowest BCUT2D eigenvalue weighted by atomic mass is 9.53. The average molecular weight is 563 g/mol. The smallest absolute Gasteiger partial charge is 0.293 e. The molecule has 5 aliphatic rings. The predicted molar refractivity (Wildman–Crippen MR) is 152 cm³/mol. The summed E-state index contributed by atoms with van der Waals surface area (Å²) in [6.07, 6.45) is 8.91. The topological polar surface area (TPSA) is 94.2 Å². The fraction of sp³-hybridized carbons (Fsp3) is 0.452. The molecule has 4 bridgehead atoms. The number of hydrogen-bond donors (Lipinski definition) is 1. The number of hydrogen-bond acceptors (Lipinski definition) is 7. The maximum atomic E-state index is 12.9. The second-order valence-corrected chi connectivity index (χ2v) is 12.4. The van der Waals surface area contributed by atoms with Crippen LogP contribution in [0.4, 0.5) is 4.79 Å². The summed E-state index contributed by atoms with van der Waals surface area (Å²) in [4.78, 5) is 39.8. The number of nitrogens with zero attached hydrogens (tertiary/aromatic N) is 1. The van der Waals surface area contributed by atoms with Gasteiger partial charge in [0, 0.05) is 5.54 Å². The zero-order valence-electron chi connectivity index (χ0n) is 22.6. The molecule has 7 rings (SSSR count). The number of carbonyl (C=O) groups is 3. The number of para-hydroxylation sites is 1. The highest BCUT2D eigenvalue weighted by atomic mass is 32.2. The molecule has 40 heavy (non-hydrogen) atoms. The molecule has 2 aromatic rings. The van der Waals surface area contributed by atoms with E-state index in [0.29, 0.717) is 27.7 Å². The maximum Gasteiger partial charge on any atom is 0.293 e. The van der Waals surface area contributed by atoms with Gasteiger partial charge >= 0.3 is 0 Å². The van der Waals surface area contributed by atoms with Gasteiger partial charge in [0.15, 0.2) is 18.1 Å². The van der Waals surface area contributed by atoms with E-state index in [1.165, 1.54) is 31.3 Å². The summed E-state index contributed by atoms with van der Waals surface area (Å²) in [6, 6.07) is 14.5. The number of benzene rings is 2. The highest BCUT2D eigenvalue weighted by molar-refractivity contribution is 8.18. The number of nitrogens with one attached hydrogen (secondary N) is 1. The highest BCUT2D eigenvalue weighted by Gasteiger charge is 2.51. The molecule has 0 unspecified atom stereocenters. The molecule has 210 valence electrons. The van der Waals surface area contributed by atoms with Crippen molar-refractivity contribution in [2.75, 3.05) is 26.9 Å². The molecule has 8 nitrogen and oxygen atoms in total. The van der Waals surface area contributed by atoms with Crippen molar-refractivity contribution in [3.05, 3.63) is 59.0 Å². The molecule has 2 aromatic carbocycles. The molecule has 4 saturated carbocycles. The normalized spacial score (nSPS) is 27.8. The molecule has 1 heterocycles. The number of rotatable bonds is 10. The average Bonchev–Trinajstić information content (AvgIpc) is 3.19. The predicted octanol–water partition coefficient (Wildman–Crippen LogP) is 5.27. The van der Waals surface area contributed by atoms with E-state index in [-0.39, 0.29) is 42.4 Å². The summed E-state index contributed by atoms with van der Waals surface area (Å²) in [7, 11) is 1.53. The van der Waals surface area contributed by atoms with Gasteiger partial charge in [-0.15, -0.1) is 0 Å². The van der Waals surface area contributed by atoms with Crippen molar-refractivity contribution in [2.45, 2.75) is 44.1 Å². The van der Waals surface area contributed by atoms with Crippen LogP contribution in [0.15, 0.2) is 53.4 Å². The van der Waals surface area contributed by atoms with Gasteiger partial charge in [0.25, 0.3) is 17.1 Å². The van der Waals surface area contributed by atoms with Gasteiger partial charge in [-0.25, -0.2) is 0 Å². The largest absolute Gasteiger partial charge is 0.493 e. The number of ether oxygens (including phenoxy) is 3. The van der Waals surface area contributed by atoms with Crippen LogP contribution < -0.4 is 19.5 Å². The van der Waals surface area contributed by atoms with Gasteiger partial charge in [0.2, 0.25) is 0 Å². The van der Waals surface area contributed by atoms with Gasteiger partial charge in [0.05, 0.1) is 18.6 Å². The van der Waals surface area contributed by atoms with Crippen LogP contribution in [0.2, 0.25) is 0 Å². The van der Waals surface area contributed by atoms with Crippen LogP contribution in [0, 0.1) is 17.8 Å². The van der Waals surface area contributed by atoms with Crippen molar-refractivity contribution in [2.24, 2.45) is 17.8 Å². The fourth-order valence-electron chi connectivity index (χ4n) is 7.25. The molecule has 1 aliphatic heterocycles. The van der Waals surface area contributed by atoms with Gasteiger partial charge < -0.3 is 19.5 Å². The van der Waals surface area contributed by atoms with Crippen molar-refractivity contribution in [3.8, 4) is 17.2 Å². The summed E-state index contributed by atoms with van der Waals surface area (Å²) in [5.74, 6) is 3.39. The van der Waals surface area contributed by atoms with E-state index in [1.54, 1.807) is 24.3 Å². The minimum Gasteiger partial charge on any atom is -0.493 e. The second kappa shape index (κ2) is 11.2. The number of imide groups is 1. The van der Waals surface area contributed by atoms with Gasteiger partial charge in [0.1, 0.15) is 12.4 Å². The molecule has 9 heteroatoms. The van der Waals surface area contributed by atoms with Crippen molar-refractivity contribution < 1.29 is 28.6 Å². The first-order valence-electron chi connectivity index (χ1n) is 13.9. The quantitative estimate of drug-likeness (QED) is 0.394. The van der Waals surface area contributed by atoms with Crippen LogP contribution in [-0.2, 0) is 9.59 Å². The van der Waals surface area contributed by atoms with E-state index in [9.17, 15) is 14.4 Å². The third-order valence-corrected chi connectivity index (χ3v) is 9.39. The lowest BCUT2D eigenvalue weighted by molar-refractivity contribution is -0.129. The lowest BCUT2D eigenvalue weighted by Gasteiger charge is -2.56. The van der Waals surface area contributed by atoms with Crippen molar-refractivity contribution in [3.63, 3.8) is 0 Å². The van der Waals surface area contributed by atoms with Gasteiger partial charge in [-0.1, -0.05) is 24.3 Å². The van der Waals surface area contributed by atoms with Crippen molar-refractivity contribution in [1.82, 2.24) is 10.2 Å². The number of amides is 3. The van der Waals surface area contributed by atoms with Gasteiger partial charge in [-0.2, -0.15) is 0 Å². The first-order valence-corrected chi connectivity index (χ1v) is 14.8. The molecule has 3 amide bonds. The minimum absolute atomic E-state index is 0.0558. The molecule has 1 saturated heterocycles. The van der Waals surface area contributed by atoms with E-state index in [0.717, 1.165) is 48.8 Å². The molecule has 0 radical (unpaired) electrons. The first kappa shape index (κ1) is 26.7. The molecule has 5 fully saturated rings. The molecule has 0 spiro atoms. The molecule has 4 aliphatic carbocycles. The molecular formula is C31H34N2O6S. The zero-order chi connectivity index (χ0) is 27.7. The zero-order valence-corrected chi connectivity index (χ0v) is 23.4. The standard InChI is InChI=1S/C31H34N2O6S/c1-37-26-14-20(15-27-29(35)33(30(36)40-27)9-10-38-24-5-3-2-4-6-24)7-8-25(26)39-19-28(34)32-31-16-21-11-22(17-31)13-23(12-21)18-31/h2-8,14-15,21-23H,9-13,16-19H2,1H3,(H,32,34)/b27-15-. The monoisotopic (exact) mass is 562 g/mol. The third-order valence-electron chi connectivity index (χ3n) is 8.49. The van der Waals surface area contributed by atoms with Crippen LogP contribution in [0.3, 0.4) is 0 Å².